The molecule has 8 heteroatoms. The van der Waals surface area contributed by atoms with Crippen LogP contribution >= 0.6 is 0 Å². The third kappa shape index (κ3) is 6.10. The first kappa shape index (κ1) is 22.5. The summed E-state index contributed by atoms with van der Waals surface area (Å²) in [7, 11) is 1.28. The lowest BCUT2D eigenvalue weighted by Gasteiger charge is -2.33. The van der Waals surface area contributed by atoms with E-state index in [9.17, 15) is 14.4 Å². The molecule has 0 spiro atoms. The number of nitrogens with zero attached hydrogens (tertiary/aromatic N) is 2. The number of hydrogen-bond acceptors (Lipinski definition) is 6. The summed E-state index contributed by atoms with van der Waals surface area (Å²) in [6.07, 6.45) is -1.10. The molecule has 1 saturated heterocycles. The summed E-state index contributed by atoms with van der Waals surface area (Å²) in [5, 5.41) is 0. The Balaban J connectivity index is 2.36. The van der Waals surface area contributed by atoms with Crippen LogP contribution in [0.2, 0.25) is 0 Å². The number of amides is 2. The van der Waals surface area contributed by atoms with Crippen LogP contribution < -0.4 is 0 Å². The highest BCUT2D eigenvalue weighted by Crippen LogP contribution is 2.27. The second-order valence-electron chi connectivity index (χ2n) is 7.89. The van der Waals surface area contributed by atoms with Gasteiger partial charge in [0.2, 0.25) is 0 Å². The van der Waals surface area contributed by atoms with Gasteiger partial charge in [0.15, 0.2) is 0 Å². The Hall–Kier alpha value is -2.77. The fourth-order valence-electron chi connectivity index (χ4n) is 3.28. The summed E-state index contributed by atoms with van der Waals surface area (Å²) in [6.45, 7) is 7.79. The molecule has 1 aliphatic heterocycles. The minimum absolute atomic E-state index is 0.115. The highest BCUT2D eigenvalue weighted by atomic mass is 16.6. The zero-order chi connectivity index (χ0) is 21.6. The fourth-order valence-corrected chi connectivity index (χ4v) is 3.28. The lowest BCUT2D eigenvalue weighted by atomic mass is 10.0. The van der Waals surface area contributed by atoms with E-state index < -0.39 is 35.7 Å². The molecule has 0 aromatic heterocycles. The zero-order valence-corrected chi connectivity index (χ0v) is 17.7. The van der Waals surface area contributed by atoms with Crippen molar-refractivity contribution in [1.82, 2.24) is 9.80 Å². The van der Waals surface area contributed by atoms with Gasteiger partial charge in [0.1, 0.15) is 5.60 Å². The molecule has 0 radical (unpaired) electrons. The van der Waals surface area contributed by atoms with Crippen LogP contribution in [-0.4, -0.2) is 66.4 Å². The Morgan fingerprint density at radius 3 is 2.34 bits per heavy atom. The summed E-state index contributed by atoms with van der Waals surface area (Å²) < 4.78 is 15.6. The van der Waals surface area contributed by atoms with E-state index in [2.05, 4.69) is 0 Å². The zero-order valence-electron chi connectivity index (χ0n) is 17.7. The van der Waals surface area contributed by atoms with Crippen LogP contribution in [0.4, 0.5) is 9.59 Å². The first-order valence-electron chi connectivity index (χ1n) is 9.69. The molecule has 2 amide bonds. The van der Waals surface area contributed by atoms with Gasteiger partial charge in [-0.3, -0.25) is 9.69 Å². The van der Waals surface area contributed by atoms with Crippen LogP contribution in [0.15, 0.2) is 30.3 Å². The van der Waals surface area contributed by atoms with E-state index >= 15 is 0 Å². The molecule has 160 valence electrons. The molecule has 29 heavy (non-hydrogen) atoms. The number of carbonyl (C=O) groups excluding carboxylic acids is 3. The van der Waals surface area contributed by atoms with E-state index in [1.54, 1.807) is 27.7 Å². The van der Waals surface area contributed by atoms with Gasteiger partial charge in [0, 0.05) is 19.6 Å². The molecule has 1 aliphatic rings. The normalized spacial score (nSPS) is 18.9. The summed E-state index contributed by atoms with van der Waals surface area (Å²) in [4.78, 5) is 40.6. The number of hydrogen-bond donors (Lipinski definition) is 0. The van der Waals surface area contributed by atoms with Gasteiger partial charge < -0.3 is 19.1 Å². The number of benzene rings is 1. The van der Waals surface area contributed by atoms with Crippen molar-refractivity contribution in [3.05, 3.63) is 35.9 Å². The predicted molar refractivity (Wildman–Crippen MR) is 106 cm³/mol. The van der Waals surface area contributed by atoms with Crippen molar-refractivity contribution in [1.29, 1.82) is 0 Å². The van der Waals surface area contributed by atoms with Gasteiger partial charge >= 0.3 is 18.2 Å². The first-order valence-corrected chi connectivity index (χ1v) is 9.69. The van der Waals surface area contributed by atoms with E-state index in [1.807, 2.05) is 30.3 Å². The molecule has 0 aliphatic carbocycles. The fraction of sp³-hybridized carbons (Fsp3) is 0.571. The molecule has 8 nitrogen and oxygen atoms in total. The maximum atomic E-state index is 13.0. The summed E-state index contributed by atoms with van der Waals surface area (Å²) in [6, 6.07) is 8.83. The van der Waals surface area contributed by atoms with Crippen LogP contribution in [0.1, 0.15) is 33.3 Å². The molecule has 1 aromatic rings. The van der Waals surface area contributed by atoms with Crippen molar-refractivity contribution in [2.24, 2.45) is 5.92 Å². The minimum atomic E-state index is -0.702. The molecule has 0 bridgehead atoms. The van der Waals surface area contributed by atoms with Gasteiger partial charge in [-0.1, -0.05) is 30.3 Å². The maximum Gasteiger partial charge on any atom is 0.410 e. The molecule has 1 aromatic carbocycles. The van der Waals surface area contributed by atoms with Crippen molar-refractivity contribution < 1.29 is 28.6 Å². The van der Waals surface area contributed by atoms with Crippen molar-refractivity contribution in [2.45, 2.75) is 45.9 Å². The standard InChI is InChI=1S/C21H30N2O6/c1-6-28-18(24)16-13-22(19(25)27-5)14-17(16)23(20(26)29-21(2,3)4)12-15-10-8-7-9-11-15/h7-11,16-17H,6,12-14H2,1-5H3. The molecule has 1 fully saturated rings. The maximum absolute atomic E-state index is 13.0. The molecule has 2 atom stereocenters. The molecule has 1 heterocycles. The van der Waals surface area contributed by atoms with Gasteiger partial charge in [-0.2, -0.15) is 0 Å². The Labute approximate surface area is 171 Å². The second kappa shape index (κ2) is 9.62. The van der Waals surface area contributed by atoms with E-state index in [4.69, 9.17) is 14.2 Å². The summed E-state index contributed by atoms with van der Waals surface area (Å²) in [5.74, 6) is -1.14. The van der Waals surface area contributed by atoms with Gasteiger partial charge in [-0.05, 0) is 33.3 Å². The summed E-state index contributed by atoms with van der Waals surface area (Å²) >= 11 is 0. The van der Waals surface area contributed by atoms with Gasteiger partial charge in [0.05, 0.1) is 25.7 Å². The molecule has 2 rings (SSSR count). The van der Waals surface area contributed by atoms with Crippen LogP contribution in [0.25, 0.3) is 0 Å². The van der Waals surface area contributed by atoms with E-state index in [0.717, 1.165) is 5.56 Å². The molecule has 0 N–H and O–H groups in total. The Morgan fingerprint density at radius 1 is 1.14 bits per heavy atom. The number of rotatable bonds is 5. The lowest BCUT2D eigenvalue weighted by Crippen LogP contribution is -2.48. The highest BCUT2D eigenvalue weighted by Gasteiger charge is 2.46. The SMILES string of the molecule is CCOC(=O)C1CN(C(=O)OC)CC1N(Cc1ccccc1)C(=O)OC(C)(C)C. The van der Waals surface area contributed by atoms with Crippen LogP contribution in [0.3, 0.4) is 0 Å². The van der Waals surface area contributed by atoms with Crippen molar-refractivity contribution >= 4 is 18.2 Å². The largest absolute Gasteiger partial charge is 0.466 e. The predicted octanol–water partition coefficient (Wildman–Crippen LogP) is 3.05. The molecule has 2 unspecified atom stereocenters. The molecule has 0 saturated carbocycles. The Kier molecular flexibility index (Phi) is 7.47. The Bertz CT molecular complexity index is 716. The van der Waals surface area contributed by atoms with Gasteiger partial charge in [0.25, 0.3) is 0 Å². The minimum Gasteiger partial charge on any atom is -0.466 e. The van der Waals surface area contributed by atoms with Crippen LogP contribution in [0, 0.1) is 5.92 Å². The number of ether oxygens (including phenoxy) is 3. The van der Waals surface area contributed by atoms with Crippen LogP contribution in [0.5, 0.6) is 0 Å². The summed E-state index contributed by atoms with van der Waals surface area (Å²) in [5.41, 5.74) is 0.184. The Morgan fingerprint density at radius 2 is 1.79 bits per heavy atom. The lowest BCUT2D eigenvalue weighted by molar-refractivity contribution is -0.149. The smallest absolute Gasteiger partial charge is 0.410 e. The highest BCUT2D eigenvalue weighted by molar-refractivity contribution is 5.78. The van der Waals surface area contributed by atoms with Crippen molar-refractivity contribution in [2.75, 3.05) is 26.8 Å². The third-order valence-corrected chi connectivity index (χ3v) is 4.54. The second-order valence-corrected chi connectivity index (χ2v) is 7.89. The molecular weight excluding hydrogens is 376 g/mol. The topological polar surface area (TPSA) is 85.4 Å². The first-order chi connectivity index (χ1) is 13.7. The third-order valence-electron chi connectivity index (χ3n) is 4.54. The average molecular weight is 406 g/mol. The van der Waals surface area contributed by atoms with Gasteiger partial charge in [-0.15, -0.1) is 0 Å². The monoisotopic (exact) mass is 406 g/mol. The number of carbonyl (C=O) groups is 3. The van der Waals surface area contributed by atoms with E-state index in [1.165, 1.54) is 16.9 Å². The van der Waals surface area contributed by atoms with Crippen molar-refractivity contribution in [3.63, 3.8) is 0 Å². The van der Waals surface area contributed by atoms with Crippen LogP contribution in [-0.2, 0) is 25.5 Å². The molecular formula is C21H30N2O6. The van der Waals surface area contributed by atoms with Crippen molar-refractivity contribution in [3.8, 4) is 0 Å². The number of likely N-dealkylation sites (tertiary alicyclic amines) is 1. The van der Waals surface area contributed by atoms with E-state index in [0.29, 0.717) is 0 Å². The van der Waals surface area contributed by atoms with E-state index in [-0.39, 0.29) is 26.2 Å². The number of esters is 1. The quantitative estimate of drug-likeness (QED) is 0.552. The number of methoxy groups -OCH3 is 1. The average Bonchev–Trinajstić information content (AvgIpc) is 3.10. The van der Waals surface area contributed by atoms with Gasteiger partial charge in [-0.25, -0.2) is 9.59 Å².